The Kier molecular flexibility index (Phi) is 5.37. The van der Waals surface area contributed by atoms with Gasteiger partial charge in [-0.2, -0.15) is 10.1 Å². The van der Waals surface area contributed by atoms with Gasteiger partial charge in [-0.15, -0.1) is 11.3 Å². The number of Topliss-reactive ketones (excluding diaryl/α,β-unsaturated/α-hetero) is 1. The van der Waals surface area contributed by atoms with Crippen LogP contribution in [0.1, 0.15) is 47.1 Å². The van der Waals surface area contributed by atoms with E-state index in [1.807, 2.05) is 11.4 Å². The number of aryl methyl sites for hydroxylation is 1. The Morgan fingerprint density at radius 2 is 2.17 bits per heavy atom. The molecule has 0 saturated carbocycles. The van der Waals surface area contributed by atoms with Crippen molar-refractivity contribution in [3.63, 3.8) is 0 Å². The fourth-order valence-corrected chi connectivity index (χ4v) is 3.44. The monoisotopic (exact) mass is 347 g/mol. The van der Waals surface area contributed by atoms with E-state index in [0.29, 0.717) is 16.7 Å². The fourth-order valence-electron chi connectivity index (χ4n) is 2.74. The van der Waals surface area contributed by atoms with Crippen LogP contribution in [-0.4, -0.2) is 39.5 Å². The van der Waals surface area contributed by atoms with Crippen molar-refractivity contribution in [1.29, 1.82) is 0 Å². The lowest BCUT2D eigenvalue weighted by atomic mass is 9.98. The van der Waals surface area contributed by atoms with E-state index >= 15 is 0 Å². The molecule has 0 radical (unpaired) electrons. The summed E-state index contributed by atoms with van der Waals surface area (Å²) >= 11 is 1.40. The van der Waals surface area contributed by atoms with Crippen molar-refractivity contribution in [2.75, 3.05) is 18.4 Å². The van der Waals surface area contributed by atoms with Gasteiger partial charge in [0.25, 0.3) is 0 Å². The minimum Gasteiger partial charge on any atom is -0.317 e. The highest BCUT2D eigenvalue weighted by atomic mass is 32.1. The Morgan fingerprint density at radius 1 is 1.38 bits per heavy atom. The van der Waals surface area contributed by atoms with E-state index in [0.717, 1.165) is 31.8 Å². The number of amides is 1. The van der Waals surface area contributed by atoms with Crippen LogP contribution in [0.4, 0.5) is 5.95 Å². The normalized spacial score (nSPS) is 15.4. The number of nitrogens with zero attached hydrogens (tertiary/aromatic N) is 3. The van der Waals surface area contributed by atoms with Crippen LogP contribution in [0.5, 0.6) is 0 Å². The van der Waals surface area contributed by atoms with Crippen LogP contribution in [0.2, 0.25) is 0 Å². The number of hydrogen-bond donors (Lipinski definition) is 2. The molecule has 0 spiro atoms. The second kappa shape index (κ2) is 7.67. The van der Waals surface area contributed by atoms with Gasteiger partial charge >= 0.3 is 0 Å². The van der Waals surface area contributed by atoms with Crippen LogP contribution in [0.25, 0.3) is 0 Å². The number of hydrogen-bond acceptors (Lipinski definition) is 6. The molecule has 1 amide bonds. The summed E-state index contributed by atoms with van der Waals surface area (Å²) in [6.45, 7) is 1.94. The maximum atomic E-state index is 12.1. The van der Waals surface area contributed by atoms with Crippen molar-refractivity contribution in [2.24, 2.45) is 7.05 Å². The number of thiophene rings is 1. The molecule has 7 nitrogen and oxygen atoms in total. The van der Waals surface area contributed by atoms with E-state index in [1.165, 1.54) is 11.3 Å². The van der Waals surface area contributed by atoms with Gasteiger partial charge in [0, 0.05) is 25.8 Å². The molecule has 2 aromatic heterocycles. The molecule has 3 rings (SSSR count). The number of aromatic nitrogens is 3. The Hall–Kier alpha value is -2.06. The molecule has 3 heterocycles. The summed E-state index contributed by atoms with van der Waals surface area (Å²) in [6.07, 6.45) is 2.36. The highest BCUT2D eigenvalue weighted by Gasteiger charge is 2.21. The number of piperidine rings is 1. The van der Waals surface area contributed by atoms with Crippen LogP contribution in [-0.2, 0) is 11.8 Å². The Morgan fingerprint density at radius 3 is 2.88 bits per heavy atom. The minimum atomic E-state index is -0.215. The van der Waals surface area contributed by atoms with Crippen molar-refractivity contribution < 1.29 is 9.59 Å². The third kappa shape index (κ3) is 4.07. The van der Waals surface area contributed by atoms with Crippen molar-refractivity contribution in [1.82, 2.24) is 20.1 Å². The standard InChI is InChI=1S/C16H21N5O2S/c1-21-16(19-15(20-21)11-6-8-17-9-7-11)18-14(23)5-4-12(22)13-3-2-10-24-13/h2-3,10-11,17H,4-9H2,1H3,(H,18,19,20,23). The molecule has 0 aromatic carbocycles. The molecule has 1 aliphatic heterocycles. The second-order valence-electron chi connectivity index (χ2n) is 5.89. The van der Waals surface area contributed by atoms with Gasteiger partial charge in [0.05, 0.1) is 4.88 Å². The number of ketones is 1. The summed E-state index contributed by atoms with van der Waals surface area (Å²) in [5.74, 6) is 1.34. The maximum Gasteiger partial charge on any atom is 0.227 e. The quantitative estimate of drug-likeness (QED) is 0.780. The average Bonchev–Trinajstić information content (AvgIpc) is 3.24. The zero-order chi connectivity index (χ0) is 16.9. The second-order valence-corrected chi connectivity index (χ2v) is 6.84. The van der Waals surface area contributed by atoms with E-state index in [2.05, 4.69) is 20.7 Å². The summed E-state index contributed by atoms with van der Waals surface area (Å²) in [5.41, 5.74) is 0. The zero-order valence-electron chi connectivity index (χ0n) is 13.6. The highest BCUT2D eigenvalue weighted by Crippen LogP contribution is 2.23. The van der Waals surface area contributed by atoms with Gasteiger partial charge in [0.15, 0.2) is 11.6 Å². The molecule has 2 aromatic rings. The molecule has 0 bridgehead atoms. The number of rotatable bonds is 6. The van der Waals surface area contributed by atoms with Gasteiger partial charge in [0.1, 0.15) is 0 Å². The number of nitrogens with one attached hydrogen (secondary N) is 2. The van der Waals surface area contributed by atoms with E-state index < -0.39 is 0 Å². The summed E-state index contributed by atoms with van der Waals surface area (Å²) in [5, 5.41) is 12.3. The van der Waals surface area contributed by atoms with Crippen molar-refractivity contribution >= 4 is 29.0 Å². The van der Waals surface area contributed by atoms with Crippen LogP contribution >= 0.6 is 11.3 Å². The Bertz CT molecular complexity index is 704. The van der Waals surface area contributed by atoms with Gasteiger partial charge in [0.2, 0.25) is 11.9 Å². The van der Waals surface area contributed by atoms with E-state index in [9.17, 15) is 9.59 Å². The van der Waals surface area contributed by atoms with Crippen LogP contribution in [0.15, 0.2) is 17.5 Å². The highest BCUT2D eigenvalue weighted by molar-refractivity contribution is 7.12. The maximum absolute atomic E-state index is 12.1. The predicted molar refractivity (Wildman–Crippen MR) is 92.4 cm³/mol. The summed E-state index contributed by atoms with van der Waals surface area (Å²) in [4.78, 5) is 29.2. The molecular formula is C16H21N5O2S. The number of anilines is 1. The van der Waals surface area contributed by atoms with E-state index in [-0.39, 0.29) is 24.5 Å². The molecule has 0 atom stereocenters. The molecular weight excluding hydrogens is 326 g/mol. The molecule has 8 heteroatoms. The number of carbonyl (C=O) groups excluding carboxylic acids is 2. The first-order valence-corrected chi connectivity index (χ1v) is 8.99. The van der Waals surface area contributed by atoms with Gasteiger partial charge < -0.3 is 5.32 Å². The molecule has 24 heavy (non-hydrogen) atoms. The topological polar surface area (TPSA) is 88.9 Å². The van der Waals surface area contributed by atoms with Crippen molar-refractivity contribution in [2.45, 2.75) is 31.6 Å². The van der Waals surface area contributed by atoms with Crippen LogP contribution in [0, 0.1) is 0 Å². The smallest absolute Gasteiger partial charge is 0.227 e. The zero-order valence-corrected chi connectivity index (χ0v) is 14.4. The summed E-state index contributed by atoms with van der Waals surface area (Å²) in [7, 11) is 1.77. The molecule has 1 aliphatic rings. The van der Waals surface area contributed by atoms with Crippen molar-refractivity contribution in [3.8, 4) is 0 Å². The lowest BCUT2D eigenvalue weighted by Crippen LogP contribution is -2.27. The van der Waals surface area contributed by atoms with E-state index in [4.69, 9.17) is 0 Å². The van der Waals surface area contributed by atoms with Gasteiger partial charge in [-0.1, -0.05) is 6.07 Å². The van der Waals surface area contributed by atoms with Crippen molar-refractivity contribution in [3.05, 3.63) is 28.2 Å². The first kappa shape index (κ1) is 16.8. The third-order valence-electron chi connectivity index (χ3n) is 4.11. The first-order valence-electron chi connectivity index (χ1n) is 8.11. The third-order valence-corrected chi connectivity index (χ3v) is 5.02. The van der Waals surface area contributed by atoms with Crippen LogP contribution in [0.3, 0.4) is 0 Å². The summed E-state index contributed by atoms with van der Waals surface area (Å²) in [6, 6.07) is 3.61. The predicted octanol–water partition coefficient (Wildman–Crippen LogP) is 1.95. The largest absolute Gasteiger partial charge is 0.317 e. The van der Waals surface area contributed by atoms with E-state index in [1.54, 1.807) is 17.8 Å². The number of carbonyl (C=O) groups is 2. The first-order chi connectivity index (χ1) is 11.6. The molecule has 0 aliphatic carbocycles. The SMILES string of the molecule is Cn1nc(C2CCNCC2)nc1NC(=O)CCC(=O)c1cccs1. The fraction of sp³-hybridized carbons (Fsp3) is 0.500. The Balaban J connectivity index is 1.54. The molecule has 128 valence electrons. The lowest BCUT2D eigenvalue weighted by molar-refractivity contribution is -0.116. The average molecular weight is 347 g/mol. The van der Waals surface area contributed by atoms with Gasteiger partial charge in [-0.3, -0.25) is 14.9 Å². The molecule has 0 unspecified atom stereocenters. The Labute approximate surface area is 144 Å². The lowest BCUT2D eigenvalue weighted by Gasteiger charge is -2.19. The van der Waals surface area contributed by atoms with Crippen LogP contribution < -0.4 is 10.6 Å². The van der Waals surface area contributed by atoms with Gasteiger partial charge in [-0.25, -0.2) is 4.68 Å². The molecule has 1 saturated heterocycles. The molecule has 2 N–H and O–H groups in total. The van der Waals surface area contributed by atoms with Gasteiger partial charge in [-0.05, 0) is 37.4 Å². The summed E-state index contributed by atoms with van der Waals surface area (Å²) < 4.78 is 1.59. The minimum absolute atomic E-state index is 0.00601. The molecule has 1 fully saturated rings.